The minimum absolute atomic E-state index is 0.0214. The topological polar surface area (TPSA) is 121 Å². The molecule has 9 nitrogen and oxygen atoms in total. The monoisotopic (exact) mass is 441 g/mol. The molecule has 0 bridgehead atoms. The van der Waals surface area contributed by atoms with E-state index in [1.54, 1.807) is 18.2 Å². The summed E-state index contributed by atoms with van der Waals surface area (Å²) in [6, 6.07) is 12.1. The fourth-order valence-corrected chi connectivity index (χ4v) is 3.20. The number of benzene rings is 2. The van der Waals surface area contributed by atoms with E-state index in [0.29, 0.717) is 5.75 Å². The molecule has 10 heteroatoms. The molecule has 0 aliphatic rings. The van der Waals surface area contributed by atoms with Gasteiger partial charge in [0.1, 0.15) is 18.0 Å². The highest BCUT2D eigenvalue weighted by Crippen LogP contribution is 2.23. The quantitative estimate of drug-likeness (QED) is 0.317. The van der Waals surface area contributed by atoms with Crippen LogP contribution in [0, 0.1) is 17.0 Å². The van der Waals surface area contributed by atoms with Crippen molar-refractivity contribution in [2.24, 2.45) is 0 Å². The summed E-state index contributed by atoms with van der Waals surface area (Å²) in [7, 11) is 0. The zero-order valence-corrected chi connectivity index (χ0v) is 17.5. The Morgan fingerprint density at radius 1 is 1.23 bits per heavy atom. The lowest BCUT2D eigenvalue weighted by atomic mass is 10.2. The van der Waals surface area contributed by atoms with Crippen LogP contribution < -0.4 is 10.1 Å². The van der Waals surface area contributed by atoms with E-state index in [1.165, 1.54) is 48.6 Å². The Hall–Kier alpha value is -3.79. The maximum atomic E-state index is 12.4. The van der Waals surface area contributed by atoms with Crippen LogP contribution in [0.5, 0.6) is 5.75 Å². The third kappa shape index (κ3) is 5.86. The number of nitro groups is 1. The molecule has 1 aromatic heterocycles. The lowest BCUT2D eigenvalue weighted by Crippen LogP contribution is -2.30. The second-order valence-electron chi connectivity index (χ2n) is 6.49. The zero-order valence-electron chi connectivity index (χ0n) is 16.7. The van der Waals surface area contributed by atoms with Crippen LogP contribution in [0.2, 0.25) is 0 Å². The van der Waals surface area contributed by atoms with Crippen LogP contribution in [0.1, 0.15) is 28.0 Å². The van der Waals surface area contributed by atoms with E-state index < -0.39 is 22.9 Å². The second kappa shape index (κ2) is 9.81. The number of thiazole rings is 1. The molecule has 1 unspecified atom stereocenters. The number of ether oxygens (including phenoxy) is 2. The molecule has 160 valence electrons. The first-order valence-corrected chi connectivity index (χ1v) is 10.1. The van der Waals surface area contributed by atoms with Crippen molar-refractivity contribution in [3.63, 3.8) is 0 Å². The molecule has 0 fully saturated rings. The van der Waals surface area contributed by atoms with Crippen molar-refractivity contribution < 1.29 is 24.0 Å². The maximum absolute atomic E-state index is 12.4. The summed E-state index contributed by atoms with van der Waals surface area (Å²) in [5.41, 5.74) is 0.760. The number of aromatic nitrogens is 1. The van der Waals surface area contributed by atoms with E-state index in [-0.39, 0.29) is 23.5 Å². The molecule has 1 heterocycles. The number of esters is 1. The highest BCUT2D eigenvalue weighted by atomic mass is 32.1. The Labute approximate surface area is 181 Å². The van der Waals surface area contributed by atoms with Crippen molar-refractivity contribution in [2.45, 2.75) is 26.6 Å². The molecule has 0 radical (unpaired) electrons. The van der Waals surface area contributed by atoms with Crippen LogP contribution in [0.25, 0.3) is 0 Å². The largest absolute Gasteiger partial charge is 0.487 e. The van der Waals surface area contributed by atoms with Gasteiger partial charge in [-0.3, -0.25) is 14.9 Å². The lowest BCUT2D eigenvalue weighted by Gasteiger charge is -2.14. The van der Waals surface area contributed by atoms with E-state index >= 15 is 0 Å². The number of amides is 1. The van der Waals surface area contributed by atoms with Gasteiger partial charge in [-0.25, -0.2) is 9.78 Å². The SMILES string of the molecule is Cc1nc(COc2cccc(C(=O)OC(C)C(=O)Nc3ccccc3[N+](=O)[O-])c2)cs1. The van der Waals surface area contributed by atoms with Crippen molar-refractivity contribution in [2.75, 3.05) is 5.32 Å². The molecule has 0 aliphatic carbocycles. The lowest BCUT2D eigenvalue weighted by molar-refractivity contribution is -0.383. The molecule has 2 aromatic carbocycles. The standard InChI is InChI=1S/C21H19N3O6S/c1-13(20(25)23-18-8-3-4-9-19(18)24(27)28)30-21(26)15-6-5-7-17(10-15)29-11-16-12-31-14(2)22-16/h3-10,12-13H,11H2,1-2H3,(H,23,25). The van der Waals surface area contributed by atoms with Crippen molar-refractivity contribution in [3.8, 4) is 5.75 Å². The number of para-hydroxylation sites is 2. The van der Waals surface area contributed by atoms with Gasteiger partial charge in [-0.05, 0) is 38.1 Å². The Balaban J connectivity index is 1.60. The van der Waals surface area contributed by atoms with Crippen LogP contribution in [0.4, 0.5) is 11.4 Å². The summed E-state index contributed by atoms with van der Waals surface area (Å²) in [6.07, 6.45) is -1.17. The predicted octanol–water partition coefficient (Wildman–Crippen LogP) is 4.12. The fraction of sp³-hybridized carbons (Fsp3) is 0.190. The Morgan fingerprint density at radius 3 is 2.71 bits per heavy atom. The molecule has 1 amide bonds. The Kier molecular flexibility index (Phi) is 6.93. The van der Waals surface area contributed by atoms with E-state index in [1.807, 2.05) is 12.3 Å². The maximum Gasteiger partial charge on any atom is 0.339 e. The summed E-state index contributed by atoms with van der Waals surface area (Å²) < 4.78 is 10.9. The van der Waals surface area contributed by atoms with E-state index in [0.717, 1.165) is 10.7 Å². The molecule has 1 N–H and O–H groups in total. The molecular weight excluding hydrogens is 422 g/mol. The summed E-state index contributed by atoms with van der Waals surface area (Å²) >= 11 is 1.52. The molecule has 31 heavy (non-hydrogen) atoms. The highest BCUT2D eigenvalue weighted by Gasteiger charge is 2.22. The molecule has 0 saturated carbocycles. The first-order chi connectivity index (χ1) is 14.8. The van der Waals surface area contributed by atoms with Gasteiger partial charge in [0.2, 0.25) is 0 Å². The van der Waals surface area contributed by atoms with Gasteiger partial charge in [-0.2, -0.15) is 0 Å². The van der Waals surface area contributed by atoms with Gasteiger partial charge in [0.25, 0.3) is 11.6 Å². The van der Waals surface area contributed by atoms with Gasteiger partial charge < -0.3 is 14.8 Å². The van der Waals surface area contributed by atoms with E-state index in [4.69, 9.17) is 9.47 Å². The minimum atomic E-state index is -1.17. The Morgan fingerprint density at radius 2 is 2.00 bits per heavy atom. The molecular formula is C21H19N3O6S. The van der Waals surface area contributed by atoms with Crippen LogP contribution in [-0.4, -0.2) is 27.9 Å². The van der Waals surface area contributed by atoms with E-state index in [2.05, 4.69) is 10.3 Å². The third-order valence-corrected chi connectivity index (χ3v) is 4.96. The average molecular weight is 441 g/mol. The van der Waals surface area contributed by atoms with Gasteiger partial charge in [-0.1, -0.05) is 18.2 Å². The number of anilines is 1. The number of carbonyl (C=O) groups excluding carboxylic acids is 2. The fourth-order valence-electron chi connectivity index (χ4n) is 2.60. The van der Waals surface area contributed by atoms with Crippen LogP contribution in [-0.2, 0) is 16.1 Å². The highest BCUT2D eigenvalue weighted by molar-refractivity contribution is 7.09. The van der Waals surface area contributed by atoms with Gasteiger partial charge in [0.15, 0.2) is 6.10 Å². The smallest absolute Gasteiger partial charge is 0.339 e. The summed E-state index contributed by atoms with van der Waals surface area (Å²) in [5.74, 6) is -0.953. The number of nitrogens with one attached hydrogen (secondary N) is 1. The number of nitrogens with zero attached hydrogens (tertiary/aromatic N) is 2. The number of nitro benzene ring substituents is 1. The zero-order chi connectivity index (χ0) is 22.4. The van der Waals surface area contributed by atoms with Crippen molar-refractivity contribution >= 4 is 34.6 Å². The van der Waals surface area contributed by atoms with Crippen LogP contribution in [0.3, 0.4) is 0 Å². The van der Waals surface area contributed by atoms with Crippen LogP contribution in [0.15, 0.2) is 53.9 Å². The number of hydrogen-bond acceptors (Lipinski definition) is 8. The number of rotatable bonds is 8. The minimum Gasteiger partial charge on any atom is -0.487 e. The second-order valence-corrected chi connectivity index (χ2v) is 7.55. The molecule has 0 saturated heterocycles. The van der Waals surface area contributed by atoms with Gasteiger partial charge in [-0.15, -0.1) is 11.3 Å². The summed E-state index contributed by atoms with van der Waals surface area (Å²) in [4.78, 5) is 39.5. The number of carbonyl (C=O) groups is 2. The van der Waals surface area contributed by atoms with Crippen molar-refractivity contribution in [3.05, 3.63) is 80.3 Å². The predicted molar refractivity (Wildman–Crippen MR) is 114 cm³/mol. The molecule has 0 spiro atoms. The third-order valence-electron chi connectivity index (χ3n) is 4.13. The first kappa shape index (κ1) is 21.9. The normalized spacial score (nSPS) is 11.4. The molecule has 0 aliphatic heterocycles. The van der Waals surface area contributed by atoms with Crippen LogP contribution >= 0.6 is 11.3 Å². The van der Waals surface area contributed by atoms with Gasteiger partial charge >= 0.3 is 5.97 Å². The molecule has 1 atom stereocenters. The first-order valence-electron chi connectivity index (χ1n) is 9.22. The van der Waals surface area contributed by atoms with Gasteiger partial charge in [0, 0.05) is 11.4 Å². The average Bonchev–Trinajstić information content (AvgIpc) is 3.17. The summed E-state index contributed by atoms with van der Waals surface area (Å²) in [5, 5.41) is 16.3. The Bertz CT molecular complexity index is 1110. The molecule has 3 rings (SSSR count). The van der Waals surface area contributed by atoms with E-state index in [9.17, 15) is 19.7 Å². The number of hydrogen-bond donors (Lipinski definition) is 1. The van der Waals surface area contributed by atoms with Crippen molar-refractivity contribution in [1.82, 2.24) is 4.98 Å². The molecule has 3 aromatic rings. The number of aryl methyl sites for hydroxylation is 1. The van der Waals surface area contributed by atoms with Crippen molar-refractivity contribution in [1.29, 1.82) is 0 Å². The van der Waals surface area contributed by atoms with Gasteiger partial charge in [0.05, 0.1) is 21.2 Å². The summed E-state index contributed by atoms with van der Waals surface area (Å²) in [6.45, 7) is 3.54.